The van der Waals surface area contributed by atoms with Crippen LogP contribution in [0.25, 0.3) is 0 Å². The Morgan fingerprint density at radius 3 is 1.29 bits per heavy atom. The average molecular weight is 684 g/mol. The van der Waals surface area contributed by atoms with Gasteiger partial charge in [0.05, 0.1) is 40.3 Å². The number of aliphatic carboxylic acids is 1. The summed E-state index contributed by atoms with van der Waals surface area (Å²) in [5.41, 5.74) is 0. The number of carbonyl (C=O) groups excluding carboxylic acids is 3. The Morgan fingerprint density at radius 2 is 0.917 bits per heavy atom. The molecule has 0 bridgehead atoms. The lowest BCUT2D eigenvalue weighted by Gasteiger charge is -2.34. The molecule has 0 aliphatic rings. The topological polar surface area (TPSA) is 102 Å². The molecule has 0 heterocycles. The molecular formula is C40H77NO7. The van der Waals surface area contributed by atoms with Crippen LogP contribution in [-0.4, -0.2) is 75.5 Å². The summed E-state index contributed by atoms with van der Waals surface area (Å²) in [6.07, 6.45) is 29.8. The normalized spacial score (nSPS) is 12.9. The molecule has 2 unspecified atom stereocenters. The number of ether oxygens (including phenoxy) is 3. The molecule has 0 aromatic rings. The molecule has 0 aromatic carbocycles. The number of carboxylic acid groups (broad SMARTS) is 1. The first kappa shape index (κ1) is 46.3. The largest absolute Gasteiger partial charge is 0.544 e. The fourth-order valence-corrected chi connectivity index (χ4v) is 6.07. The lowest BCUT2D eigenvalue weighted by atomic mass is 10.0. The summed E-state index contributed by atoms with van der Waals surface area (Å²) in [6.45, 7) is 4.66. The Kier molecular flexibility index (Phi) is 31.4. The van der Waals surface area contributed by atoms with E-state index >= 15 is 0 Å². The van der Waals surface area contributed by atoms with Gasteiger partial charge in [-0.15, -0.1) is 0 Å². The van der Waals surface area contributed by atoms with Crippen LogP contribution in [0.15, 0.2) is 0 Å². The van der Waals surface area contributed by atoms with Crippen LogP contribution in [0.4, 0.5) is 0 Å². The summed E-state index contributed by atoms with van der Waals surface area (Å²) in [6, 6.07) is -0.717. The van der Waals surface area contributed by atoms with Gasteiger partial charge < -0.3 is 28.6 Å². The predicted molar refractivity (Wildman–Crippen MR) is 194 cm³/mol. The molecule has 0 amide bonds. The number of quaternary nitrogens is 1. The van der Waals surface area contributed by atoms with E-state index in [-0.39, 0.29) is 42.7 Å². The molecule has 0 aliphatic carbocycles. The molecule has 0 aromatic heterocycles. The van der Waals surface area contributed by atoms with E-state index in [1.54, 1.807) is 21.1 Å². The zero-order valence-electron chi connectivity index (χ0n) is 32.2. The Hall–Kier alpha value is -1.67. The first-order valence-corrected chi connectivity index (χ1v) is 20.1. The van der Waals surface area contributed by atoms with Gasteiger partial charge in [0.25, 0.3) is 0 Å². The van der Waals surface area contributed by atoms with Crippen LogP contribution in [0.2, 0.25) is 0 Å². The van der Waals surface area contributed by atoms with Crippen LogP contribution >= 0.6 is 0 Å². The highest BCUT2D eigenvalue weighted by Crippen LogP contribution is 2.15. The van der Waals surface area contributed by atoms with Gasteiger partial charge in [0.2, 0.25) is 0 Å². The Labute approximate surface area is 296 Å². The minimum atomic E-state index is -1.12. The summed E-state index contributed by atoms with van der Waals surface area (Å²) in [5.74, 6) is -1.72. The highest BCUT2D eigenvalue weighted by Gasteiger charge is 2.25. The van der Waals surface area contributed by atoms with Crippen molar-refractivity contribution in [2.75, 3.05) is 41.0 Å². The summed E-state index contributed by atoms with van der Waals surface area (Å²) < 4.78 is 17.1. The van der Waals surface area contributed by atoms with E-state index in [0.29, 0.717) is 12.8 Å². The highest BCUT2D eigenvalue weighted by molar-refractivity contribution is 5.70. The molecule has 0 fully saturated rings. The zero-order chi connectivity index (χ0) is 35.7. The summed E-state index contributed by atoms with van der Waals surface area (Å²) in [4.78, 5) is 36.6. The van der Waals surface area contributed by atoms with Crippen LogP contribution in [0.1, 0.15) is 187 Å². The van der Waals surface area contributed by atoms with Gasteiger partial charge >= 0.3 is 11.9 Å². The molecule has 0 spiro atoms. The second-order valence-electron chi connectivity index (χ2n) is 14.9. The number of esters is 2. The lowest BCUT2D eigenvalue weighted by molar-refractivity contribution is -0.889. The fraction of sp³-hybridized carbons (Fsp3) is 0.925. The molecule has 8 heteroatoms. The maximum Gasteiger partial charge on any atom is 0.306 e. The van der Waals surface area contributed by atoms with Crippen LogP contribution in [0, 0.1) is 0 Å². The quantitative estimate of drug-likeness (QED) is 0.0369. The minimum Gasteiger partial charge on any atom is -0.544 e. The molecule has 0 saturated carbocycles. The second kappa shape index (κ2) is 32.5. The molecule has 0 radical (unpaired) electrons. The Morgan fingerprint density at radius 1 is 0.542 bits per heavy atom. The van der Waals surface area contributed by atoms with Gasteiger partial charge in [-0.05, 0) is 12.8 Å². The van der Waals surface area contributed by atoms with Crippen molar-refractivity contribution < 1.29 is 38.2 Å². The lowest BCUT2D eigenvalue weighted by Crippen LogP contribution is -2.55. The van der Waals surface area contributed by atoms with E-state index in [1.807, 2.05) is 0 Å². The molecule has 8 nitrogen and oxygen atoms in total. The third kappa shape index (κ3) is 30.4. The van der Waals surface area contributed by atoms with Gasteiger partial charge in [-0.25, -0.2) is 0 Å². The summed E-state index contributed by atoms with van der Waals surface area (Å²) in [5, 5.41) is 11.6. The van der Waals surface area contributed by atoms with Crippen LogP contribution in [0.5, 0.6) is 0 Å². The van der Waals surface area contributed by atoms with Crippen molar-refractivity contribution in [3.8, 4) is 0 Å². The van der Waals surface area contributed by atoms with Crippen LogP contribution < -0.4 is 5.11 Å². The highest BCUT2D eigenvalue weighted by atomic mass is 16.6. The number of carboxylic acids is 1. The first-order valence-electron chi connectivity index (χ1n) is 20.1. The molecule has 0 aliphatic heterocycles. The SMILES string of the molecule is CCCCCCCCCCCCCCCCCC(=O)OC(COCCC(C(=O)[O-])[N+](C)(C)C)COC(=O)CCCCCCCCCCC. The number of nitrogens with zero attached hydrogens (tertiary/aromatic N) is 1. The fourth-order valence-electron chi connectivity index (χ4n) is 6.07. The van der Waals surface area contributed by atoms with Crippen LogP contribution in [-0.2, 0) is 28.6 Å². The zero-order valence-corrected chi connectivity index (χ0v) is 32.2. The number of likely N-dealkylation sites (N-methyl/N-ethyl adjacent to an activating group) is 1. The van der Waals surface area contributed by atoms with Gasteiger partial charge in [0.15, 0.2) is 6.10 Å². The molecule has 0 rings (SSSR count). The number of unbranched alkanes of at least 4 members (excludes halogenated alkanes) is 22. The average Bonchev–Trinajstić information content (AvgIpc) is 3.03. The van der Waals surface area contributed by atoms with Crippen molar-refractivity contribution in [3.05, 3.63) is 0 Å². The predicted octanol–water partition coefficient (Wildman–Crippen LogP) is 8.86. The van der Waals surface area contributed by atoms with E-state index in [0.717, 1.165) is 38.5 Å². The molecule has 2 atom stereocenters. The Bertz CT molecular complexity index is 767. The second-order valence-corrected chi connectivity index (χ2v) is 14.9. The van der Waals surface area contributed by atoms with Crippen molar-refractivity contribution in [3.63, 3.8) is 0 Å². The summed E-state index contributed by atoms with van der Waals surface area (Å²) >= 11 is 0. The Balaban J connectivity index is 4.34. The van der Waals surface area contributed by atoms with Gasteiger partial charge in [-0.1, -0.05) is 155 Å². The number of carbonyl (C=O) groups is 3. The van der Waals surface area contributed by atoms with E-state index in [4.69, 9.17) is 14.2 Å². The van der Waals surface area contributed by atoms with Gasteiger partial charge in [-0.2, -0.15) is 0 Å². The van der Waals surface area contributed by atoms with E-state index in [1.165, 1.54) is 116 Å². The van der Waals surface area contributed by atoms with E-state index in [2.05, 4.69) is 13.8 Å². The molecule has 48 heavy (non-hydrogen) atoms. The summed E-state index contributed by atoms with van der Waals surface area (Å²) in [7, 11) is 5.41. The van der Waals surface area contributed by atoms with Crippen molar-refractivity contribution in [2.45, 2.75) is 199 Å². The smallest absolute Gasteiger partial charge is 0.306 e. The van der Waals surface area contributed by atoms with Crippen molar-refractivity contribution in [1.29, 1.82) is 0 Å². The molecule has 0 N–H and O–H groups in total. The maximum absolute atomic E-state index is 12.6. The van der Waals surface area contributed by atoms with Gasteiger partial charge in [0, 0.05) is 19.3 Å². The standard InChI is InChI=1S/C40H77NO7/c1-6-8-10-12-14-16-17-18-19-20-21-23-25-27-29-31-39(43)48-36(34-46-33-32-37(40(44)45)41(3,4)5)35-47-38(42)30-28-26-24-22-15-13-11-9-7-2/h36-37H,6-35H2,1-5H3. The van der Waals surface area contributed by atoms with Crippen molar-refractivity contribution in [1.82, 2.24) is 0 Å². The number of hydrogen-bond donors (Lipinski definition) is 0. The van der Waals surface area contributed by atoms with Crippen LogP contribution in [0.3, 0.4) is 0 Å². The van der Waals surface area contributed by atoms with Crippen molar-refractivity contribution >= 4 is 17.9 Å². The molecular weight excluding hydrogens is 606 g/mol. The molecule has 284 valence electrons. The third-order valence-corrected chi connectivity index (χ3v) is 9.24. The first-order chi connectivity index (χ1) is 23.1. The monoisotopic (exact) mass is 684 g/mol. The van der Waals surface area contributed by atoms with Gasteiger partial charge in [0.1, 0.15) is 12.6 Å². The van der Waals surface area contributed by atoms with Crippen molar-refractivity contribution in [2.24, 2.45) is 0 Å². The van der Waals surface area contributed by atoms with Gasteiger partial charge in [-0.3, -0.25) is 9.59 Å². The third-order valence-electron chi connectivity index (χ3n) is 9.24. The van der Waals surface area contributed by atoms with E-state index in [9.17, 15) is 19.5 Å². The molecule has 0 saturated heterocycles. The number of rotatable bonds is 36. The maximum atomic E-state index is 12.6. The van der Waals surface area contributed by atoms with E-state index < -0.39 is 18.1 Å². The minimum absolute atomic E-state index is 0.0484. The number of hydrogen-bond acceptors (Lipinski definition) is 7.